The van der Waals surface area contributed by atoms with Crippen LogP contribution in [-0.4, -0.2) is 84.0 Å². The van der Waals surface area contributed by atoms with E-state index in [-0.39, 0.29) is 25.1 Å². The molecule has 2 aromatic carbocycles. The first-order valence-corrected chi connectivity index (χ1v) is 31.2. The van der Waals surface area contributed by atoms with E-state index in [2.05, 4.69) is 92.8 Å². The van der Waals surface area contributed by atoms with Crippen LogP contribution in [0.25, 0.3) is 0 Å². The number of hydrogen-bond donors (Lipinski definition) is 2. The van der Waals surface area contributed by atoms with Gasteiger partial charge in [-0.15, -0.1) is 10.2 Å². The maximum absolute atomic E-state index is 12.3. The smallest absolute Gasteiger partial charge is 0.378 e. The lowest BCUT2D eigenvalue weighted by atomic mass is 9.99. The van der Waals surface area contributed by atoms with E-state index >= 15 is 0 Å². The summed E-state index contributed by atoms with van der Waals surface area (Å²) in [4.78, 5) is 32.2. The molecule has 0 bridgehead atoms. The van der Waals surface area contributed by atoms with Crippen molar-refractivity contribution in [1.29, 1.82) is 0 Å². The van der Waals surface area contributed by atoms with Gasteiger partial charge in [0.2, 0.25) is 5.95 Å². The largest absolute Gasteiger partial charge is 0.460 e. The average molecular weight is 966 g/mol. The van der Waals surface area contributed by atoms with E-state index in [0.29, 0.717) is 37.1 Å². The molecule has 0 spiro atoms. The number of anilines is 3. The Morgan fingerprint density at radius 2 is 1.06 bits per heavy atom. The molecule has 4 aliphatic carbocycles. The summed E-state index contributed by atoms with van der Waals surface area (Å²) >= 11 is 3.24. The number of hydrogen-bond acceptors (Lipinski definition) is 12. The topological polar surface area (TPSA) is 171 Å². The minimum atomic E-state index is -1.18. The monoisotopic (exact) mass is 964 g/mol. The molecule has 0 atom stereocenters. The standard InChI is InChI=1S/C23H34N4O3Si.C12H15N.C11H20BrN3O3Si/c1-5-30-22(28)21-25-23(27(26-21)15-29-12-13-31(2,3)4)24-20-18-10-6-8-16(18)14-17-9-7-11-19(17)20;13-12-10-5-1-3-8(10)7-9-4-2-6-11(9)12;1-5-18-10(16)9-13-11(12)15(14-9)8-17-6-7-19(2,3)4/h14H,5-13,15H2,1-4H3,(H,24,25,26);7H,1-6,13H2;5-8H2,1-4H3. The first kappa shape index (κ1) is 48.5. The van der Waals surface area contributed by atoms with Crippen molar-refractivity contribution in [2.75, 3.05) is 37.5 Å². The van der Waals surface area contributed by atoms with Crippen LogP contribution in [0.5, 0.6) is 0 Å². The van der Waals surface area contributed by atoms with Crippen molar-refractivity contribution in [2.24, 2.45) is 0 Å². The van der Waals surface area contributed by atoms with E-state index in [1.807, 2.05) is 0 Å². The number of carbonyl (C=O) groups is 2. The number of fused-ring (bicyclic) bond motifs is 4. The van der Waals surface area contributed by atoms with Gasteiger partial charge >= 0.3 is 11.9 Å². The fourth-order valence-electron chi connectivity index (χ4n) is 8.49. The zero-order valence-electron chi connectivity index (χ0n) is 38.9. The van der Waals surface area contributed by atoms with Gasteiger partial charge in [0, 0.05) is 40.7 Å². The molecule has 8 rings (SSSR count). The first-order chi connectivity index (χ1) is 30.0. The first-order valence-electron chi connectivity index (χ1n) is 23.0. The molecule has 0 aliphatic heterocycles. The summed E-state index contributed by atoms with van der Waals surface area (Å²) in [5.41, 5.74) is 20.2. The van der Waals surface area contributed by atoms with Crippen LogP contribution in [0, 0.1) is 0 Å². The fraction of sp³-hybridized carbons (Fsp3) is 0.609. The predicted molar refractivity (Wildman–Crippen MR) is 257 cm³/mol. The molecule has 3 N–H and O–H groups in total. The summed E-state index contributed by atoms with van der Waals surface area (Å²) in [7, 11) is -2.27. The molecular weight excluding hydrogens is 897 g/mol. The van der Waals surface area contributed by atoms with Crippen LogP contribution in [0.2, 0.25) is 51.4 Å². The summed E-state index contributed by atoms with van der Waals surface area (Å²) in [6.45, 7) is 19.9. The lowest BCUT2D eigenvalue weighted by Gasteiger charge is -2.18. The van der Waals surface area contributed by atoms with Gasteiger partial charge in [-0.25, -0.2) is 19.0 Å². The maximum atomic E-state index is 12.3. The summed E-state index contributed by atoms with van der Waals surface area (Å²) < 4.78 is 25.0. The van der Waals surface area contributed by atoms with Gasteiger partial charge < -0.3 is 30.0 Å². The van der Waals surface area contributed by atoms with Crippen molar-refractivity contribution in [3.05, 3.63) is 73.0 Å². The highest BCUT2D eigenvalue weighted by atomic mass is 79.9. The Balaban J connectivity index is 0.000000174. The number of nitrogens with two attached hydrogens (primary N) is 1. The number of aromatic nitrogens is 6. The quantitative estimate of drug-likeness (QED) is 0.0473. The van der Waals surface area contributed by atoms with Crippen molar-refractivity contribution >= 4 is 61.3 Å². The van der Waals surface area contributed by atoms with Crippen LogP contribution in [0.3, 0.4) is 0 Å². The van der Waals surface area contributed by atoms with Crippen LogP contribution in [-0.2, 0) is 83.8 Å². The molecule has 17 heteroatoms. The van der Waals surface area contributed by atoms with E-state index < -0.39 is 28.1 Å². The van der Waals surface area contributed by atoms with Crippen LogP contribution in [0.4, 0.5) is 17.3 Å². The Morgan fingerprint density at radius 1 is 0.651 bits per heavy atom. The van der Waals surface area contributed by atoms with Gasteiger partial charge in [-0.3, -0.25) is 0 Å². The van der Waals surface area contributed by atoms with Crippen molar-refractivity contribution < 1.29 is 28.5 Å². The molecule has 2 heterocycles. The lowest BCUT2D eigenvalue weighted by Crippen LogP contribution is -2.22. The molecule has 0 radical (unpaired) electrons. The SMILES string of the molecule is CCOC(=O)c1nc(Br)n(COCC[Si](C)(C)C)n1.CCOC(=O)c1nc(Nc2c3c(cc4c2CCC4)CCC3)n(COCC[Si](C)(C)C)n1.Nc1c2c(cc3c1CCC3)CCC2. The van der Waals surface area contributed by atoms with Gasteiger partial charge in [0.25, 0.3) is 11.6 Å². The second-order valence-corrected chi connectivity index (χ2v) is 31.2. The highest BCUT2D eigenvalue weighted by Gasteiger charge is 2.27. The minimum Gasteiger partial charge on any atom is -0.460 e. The molecule has 0 amide bonds. The van der Waals surface area contributed by atoms with Crippen LogP contribution < -0.4 is 11.1 Å². The summed E-state index contributed by atoms with van der Waals surface area (Å²) in [6, 6.07) is 6.99. The summed E-state index contributed by atoms with van der Waals surface area (Å²) in [5, 5.41) is 12.0. The van der Waals surface area contributed by atoms with Crippen LogP contribution >= 0.6 is 15.9 Å². The lowest BCUT2D eigenvalue weighted by molar-refractivity contribution is 0.0495. The van der Waals surface area contributed by atoms with Gasteiger partial charge in [0.05, 0.1) is 13.2 Å². The number of nitrogens with zero attached hydrogens (tertiary/aromatic N) is 6. The highest BCUT2D eigenvalue weighted by Crippen LogP contribution is 2.40. The Bertz CT molecular complexity index is 2170. The molecule has 2 aromatic heterocycles. The average Bonchev–Trinajstić information content (AvgIpc) is 4.08. The van der Waals surface area contributed by atoms with E-state index in [1.165, 1.54) is 106 Å². The summed E-state index contributed by atoms with van der Waals surface area (Å²) in [6.07, 6.45) is 14.4. The Kier molecular flexibility index (Phi) is 16.8. The van der Waals surface area contributed by atoms with Crippen molar-refractivity contribution in [3.63, 3.8) is 0 Å². The van der Waals surface area contributed by atoms with Crippen LogP contribution in [0.1, 0.15) is 105 Å². The highest BCUT2D eigenvalue weighted by molar-refractivity contribution is 9.10. The van der Waals surface area contributed by atoms with Gasteiger partial charge in [0.15, 0.2) is 4.73 Å². The summed E-state index contributed by atoms with van der Waals surface area (Å²) in [5.74, 6) is -0.366. The molecule has 63 heavy (non-hydrogen) atoms. The maximum Gasteiger partial charge on any atom is 0.378 e. The third-order valence-electron chi connectivity index (χ3n) is 11.9. The van der Waals surface area contributed by atoms with E-state index in [9.17, 15) is 9.59 Å². The predicted octanol–water partition coefficient (Wildman–Crippen LogP) is 9.26. The minimum absolute atomic E-state index is 0.0440. The molecule has 0 saturated carbocycles. The molecule has 344 valence electrons. The Labute approximate surface area is 383 Å². The molecule has 0 fully saturated rings. The molecule has 0 unspecified atom stereocenters. The number of benzene rings is 2. The third-order valence-corrected chi connectivity index (χ3v) is 15.9. The van der Waals surface area contributed by atoms with Crippen molar-refractivity contribution in [2.45, 2.75) is 156 Å². The van der Waals surface area contributed by atoms with Crippen molar-refractivity contribution in [1.82, 2.24) is 29.5 Å². The number of nitrogen functional groups attached to an aromatic ring is 1. The van der Waals surface area contributed by atoms with Gasteiger partial charge in [-0.2, -0.15) is 9.97 Å². The van der Waals surface area contributed by atoms with Crippen LogP contribution in [0.15, 0.2) is 16.9 Å². The molecular formula is C46H69BrN8O6Si2. The number of carbonyl (C=O) groups excluding carboxylic acids is 2. The fourth-order valence-corrected chi connectivity index (χ4v) is 10.4. The molecule has 0 saturated heterocycles. The van der Waals surface area contributed by atoms with E-state index in [1.54, 1.807) is 18.5 Å². The third kappa shape index (κ3) is 13.1. The number of rotatable bonds is 16. The Hall–Kier alpha value is -3.91. The number of esters is 2. The second-order valence-electron chi connectivity index (χ2n) is 19.2. The molecule has 14 nitrogen and oxygen atoms in total. The number of nitrogens with one attached hydrogen (secondary N) is 1. The molecule has 4 aliphatic rings. The van der Waals surface area contributed by atoms with Gasteiger partial charge in [-0.05, 0) is 163 Å². The van der Waals surface area contributed by atoms with Gasteiger partial charge in [-0.1, -0.05) is 51.4 Å². The normalized spacial score (nSPS) is 14.8. The zero-order valence-corrected chi connectivity index (χ0v) is 42.5. The van der Waals surface area contributed by atoms with Crippen molar-refractivity contribution in [3.8, 4) is 0 Å². The van der Waals surface area contributed by atoms with E-state index in [4.69, 9.17) is 24.7 Å². The Morgan fingerprint density at radius 3 is 1.52 bits per heavy atom. The number of aryl methyl sites for hydroxylation is 4. The molecule has 4 aromatic rings. The second kappa shape index (κ2) is 21.9. The van der Waals surface area contributed by atoms with E-state index in [0.717, 1.165) is 43.5 Å². The van der Waals surface area contributed by atoms with Gasteiger partial charge in [0.1, 0.15) is 13.5 Å². The number of ether oxygens (including phenoxy) is 4. The number of halogens is 1. The zero-order chi connectivity index (χ0) is 45.3.